The fourth-order valence-corrected chi connectivity index (χ4v) is 5.65. The molecule has 2 heterocycles. The number of benzene rings is 2. The first-order valence-corrected chi connectivity index (χ1v) is 12.3. The number of carbonyl (C=O) groups is 3. The minimum absolute atomic E-state index is 0.0112. The van der Waals surface area contributed by atoms with Crippen LogP contribution in [0, 0.1) is 0 Å². The summed E-state index contributed by atoms with van der Waals surface area (Å²) in [7, 11) is 0. The zero-order valence-electron chi connectivity index (χ0n) is 20.3. The van der Waals surface area contributed by atoms with E-state index in [1.807, 2.05) is 12.1 Å². The molecule has 1 fully saturated rings. The lowest BCUT2D eigenvalue weighted by Gasteiger charge is -2.51. The number of nitrogens with zero attached hydrogens (tertiary/aromatic N) is 2. The Bertz CT molecular complexity index is 1270. The molecule has 2 unspecified atom stereocenters. The monoisotopic (exact) mass is 554 g/mol. The van der Waals surface area contributed by atoms with Crippen molar-refractivity contribution >= 4 is 41.3 Å². The smallest absolute Gasteiger partial charge is 0.449 e. The maximum absolute atomic E-state index is 13.8. The molecular weight excluding hydrogens is 529 g/mol. The summed E-state index contributed by atoms with van der Waals surface area (Å²) in [6, 6.07) is 8.54. The summed E-state index contributed by atoms with van der Waals surface area (Å²) >= 11 is 6.13. The first kappa shape index (κ1) is 27.4. The number of hydrogen-bond donors (Lipinski definition) is 3. The summed E-state index contributed by atoms with van der Waals surface area (Å²) in [5.74, 6) is 0. The van der Waals surface area contributed by atoms with Crippen LogP contribution in [-0.4, -0.2) is 52.3 Å². The largest absolute Gasteiger partial charge is 0.514 e. The number of urea groups is 1. The molecule has 2 aliphatic rings. The molecule has 3 amide bonds. The van der Waals surface area contributed by atoms with Crippen LogP contribution in [0.3, 0.4) is 0 Å². The Morgan fingerprint density at radius 2 is 1.97 bits per heavy atom. The lowest BCUT2D eigenvalue weighted by molar-refractivity contribution is -0.137. The predicted molar refractivity (Wildman–Crippen MR) is 133 cm³/mol. The van der Waals surface area contributed by atoms with Crippen LogP contribution in [-0.2, 0) is 22.9 Å². The number of nitrogens with one attached hydrogen (secondary N) is 1. The Balaban J connectivity index is 1.78. The SMILES string of the molecule is CCC1(c2cc(Cl)c(N)c(C(F)(F)F)c2)CC(N2CCc3ccccc3NC2=O)CCN1C(=O)OC(=O)O. The molecule has 2 atom stereocenters. The van der Waals surface area contributed by atoms with E-state index in [2.05, 4.69) is 10.1 Å². The number of likely N-dealkylation sites (tertiary alicyclic amines) is 1. The Morgan fingerprint density at radius 3 is 2.63 bits per heavy atom. The number of fused-ring (bicyclic) bond motifs is 1. The number of halogens is 4. The third kappa shape index (κ3) is 5.04. The van der Waals surface area contributed by atoms with Crippen LogP contribution < -0.4 is 11.1 Å². The topological polar surface area (TPSA) is 125 Å². The summed E-state index contributed by atoms with van der Waals surface area (Å²) < 4.78 is 45.9. The Morgan fingerprint density at radius 1 is 1.26 bits per heavy atom. The van der Waals surface area contributed by atoms with Crippen molar-refractivity contribution in [2.24, 2.45) is 0 Å². The lowest BCUT2D eigenvalue weighted by Crippen LogP contribution is -2.59. The molecule has 4 N–H and O–H groups in total. The molecule has 0 saturated carbocycles. The van der Waals surface area contributed by atoms with Crippen LogP contribution in [0.5, 0.6) is 0 Å². The van der Waals surface area contributed by atoms with Gasteiger partial charge in [0, 0.05) is 24.8 Å². The number of carboxylic acid groups (broad SMARTS) is 1. The van der Waals surface area contributed by atoms with Gasteiger partial charge >= 0.3 is 24.5 Å². The highest BCUT2D eigenvalue weighted by Gasteiger charge is 2.49. The van der Waals surface area contributed by atoms with E-state index in [-0.39, 0.29) is 42.4 Å². The third-order valence-electron chi connectivity index (χ3n) is 7.31. The fraction of sp³-hybridized carbons (Fsp3) is 0.400. The molecule has 0 spiro atoms. The Labute approximate surface area is 221 Å². The molecule has 204 valence electrons. The van der Waals surface area contributed by atoms with Gasteiger partial charge < -0.3 is 25.8 Å². The molecule has 0 bridgehead atoms. The fourth-order valence-electron chi connectivity index (χ4n) is 5.43. The van der Waals surface area contributed by atoms with Gasteiger partial charge in [0.25, 0.3) is 0 Å². The van der Waals surface area contributed by atoms with Crippen molar-refractivity contribution in [1.82, 2.24) is 9.80 Å². The number of nitrogen functional groups attached to an aromatic ring is 1. The van der Waals surface area contributed by atoms with E-state index in [4.69, 9.17) is 22.4 Å². The predicted octanol–water partition coefficient (Wildman–Crippen LogP) is 5.92. The van der Waals surface area contributed by atoms with Gasteiger partial charge in [-0.2, -0.15) is 13.2 Å². The number of nitrogens with two attached hydrogens (primary N) is 1. The Hall–Kier alpha value is -3.67. The van der Waals surface area contributed by atoms with E-state index >= 15 is 0 Å². The number of ether oxygens (including phenoxy) is 1. The Kier molecular flexibility index (Phi) is 7.37. The van der Waals surface area contributed by atoms with Crippen molar-refractivity contribution in [3.05, 3.63) is 58.1 Å². The van der Waals surface area contributed by atoms with Gasteiger partial charge in [0.15, 0.2) is 0 Å². The second kappa shape index (κ2) is 10.2. The molecular formula is C25H26ClF3N4O5. The molecule has 2 aromatic carbocycles. The maximum atomic E-state index is 13.8. The molecule has 0 aromatic heterocycles. The highest BCUT2D eigenvalue weighted by molar-refractivity contribution is 6.33. The number of amides is 3. The van der Waals surface area contributed by atoms with Crippen LogP contribution in [0.4, 0.5) is 38.9 Å². The number of alkyl halides is 3. The molecule has 2 aromatic rings. The van der Waals surface area contributed by atoms with E-state index in [0.29, 0.717) is 18.7 Å². The number of hydrogen-bond acceptors (Lipinski definition) is 5. The first-order valence-electron chi connectivity index (χ1n) is 11.9. The van der Waals surface area contributed by atoms with Gasteiger partial charge in [0.1, 0.15) is 0 Å². The van der Waals surface area contributed by atoms with Crippen LogP contribution in [0.2, 0.25) is 5.02 Å². The third-order valence-corrected chi connectivity index (χ3v) is 7.62. The average molecular weight is 555 g/mol. The minimum Gasteiger partial charge on any atom is -0.449 e. The van der Waals surface area contributed by atoms with E-state index in [1.54, 1.807) is 24.0 Å². The zero-order valence-corrected chi connectivity index (χ0v) is 21.1. The van der Waals surface area contributed by atoms with Crippen LogP contribution in [0.15, 0.2) is 36.4 Å². The second-order valence-electron chi connectivity index (χ2n) is 9.27. The van der Waals surface area contributed by atoms with Crippen molar-refractivity contribution < 1.29 is 37.4 Å². The van der Waals surface area contributed by atoms with Gasteiger partial charge in [-0.1, -0.05) is 36.7 Å². The van der Waals surface area contributed by atoms with Gasteiger partial charge in [-0.15, -0.1) is 0 Å². The van der Waals surface area contributed by atoms with Crippen molar-refractivity contribution in [3.63, 3.8) is 0 Å². The number of para-hydroxylation sites is 1. The van der Waals surface area contributed by atoms with E-state index in [0.717, 1.165) is 16.5 Å². The van der Waals surface area contributed by atoms with Gasteiger partial charge in [-0.05, 0) is 55.0 Å². The van der Waals surface area contributed by atoms with Crippen LogP contribution in [0.25, 0.3) is 0 Å². The summed E-state index contributed by atoms with van der Waals surface area (Å²) in [6.07, 6.45) is -7.04. The maximum Gasteiger partial charge on any atom is 0.514 e. The van der Waals surface area contributed by atoms with E-state index in [1.165, 1.54) is 6.07 Å². The highest BCUT2D eigenvalue weighted by Crippen LogP contribution is 2.47. The van der Waals surface area contributed by atoms with Crippen molar-refractivity contribution in [1.29, 1.82) is 0 Å². The van der Waals surface area contributed by atoms with E-state index < -0.39 is 41.3 Å². The second-order valence-corrected chi connectivity index (χ2v) is 9.67. The van der Waals surface area contributed by atoms with Gasteiger partial charge in [-0.25, -0.2) is 14.4 Å². The summed E-state index contributed by atoms with van der Waals surface area (Å²) in [6.45, 7) is 1.91. The van der Waals surface area contributed by atoms with Crippen molar-refractivity contribution in [2.75, 3.05) is 24.1 Å². The summed E-state index contributed by atoms with van der Waals surface area (Å²) in [5, 5.41) is 11.6. The van der Waals surface area contributed by atoms with Gasteiger partial charge in [0.05, 0.1) is 21.8 Å². The lowest BCUT2D eigenvalue weighted by atomic mass is 9.75. The molecule has 38 heavy (non-hydrogen) atoms. The first-order chi connectivity index (χ1) is 17.9. The quantitative estimate of drug-likeness (QED) is 0.246. The zero-order chi connectivity index (χ0) is 27.8. The molecule has 2 aliphatic heterocycles. The molecule has 0 aliphatic carbocycles. The summed E-state index contributed by atoms with van der Waals surface area (Å²) in [5.41, 5.74) is 3.94. The molecule has 9 nitrogen and oxygen atoms in total. The number of rotatable bonds is 3. The van der Waals surface area contributed by atoms with Crippen LogP contribution >= 0.6 is 11.6 Å². The van der Waals surface area contributed by atoms with Gasteiger partial charge in [-0.3, -0.25) is 4.90 Å². The number of piperidine rings is 1. The number of carbonyl (C=O) groups excluding carboxylic acids is 2. The number of anilines is 2. The van der Waals surface area contributed by atoms with E-state index in [9.17, 15) is 27.6 Å². The summed E-state index contributed by atoms with van der Waals surface area (Å²) in [4.78, 5) is 40.0. The minimum atomic E-state index is -4.84. The standard InChI is InChI=1S/C25H26ClF3N4O5/c1-2-24(15-11-17(25(27,28)29)20(30)18(26)12-15)13-16(8-10-33(24)22(35)38-23(36)37)32-9-7-14-5-3-4-6-19(14)31-21(32)34/h3-6,11-12,16H,2,7-10,13,30H2,1H3,(H,31,34)(H,36,37). The molecule has 1 saturated heterocycles. The van der Waals surface area contributed by atoms with Crippen molar-refractivity contribution in [3.8, 4) is 0 Å². The van der Waals surface area contributed by atoms with Crippen LogP contribution in [0.1, 0.15) is 42.9 Å². The molecule has 4 rings (SSSR count). The average Bonchev–Trinajstić information content (AvgIpc) is 3.02. The highest BCUT2D eigenvalue weighted by atomic mass is 35.5. The molecule has 0 radical (unpaired) electrons. The normalized spacial score (nSPS) is 21.8. The van der Waals surface area contributed by atoms with Gasteiger partial charge in [0.2, 0.25) is 0 Å². The molecule has 13 heteroatoms. The van der Waals surface area contributed by atoms with Crippen molar-refractivity contribution in [2.45, 2.75) is 50.4 Å².